The van der Waals surface area contributed by atoms with Gasteiger partial charge in [0.1, 0.15) is 10.9 Å². The lowest BCUT2D eigenvalue weighted by Gasteiger charge is -2.18. The summed E-state index contributed by atoms with van der Waals surface area (Å²) in [7, 11) is 0. The van der Waals surface area contributed by atoms with Crippen LogP contribution < -0.4 is 25.4 Å². The van der Waals surface area contributed by atoms with Gasteiger partial charge in [-0.25, -0.2) is 0 Å². The normalized spacial score (nSPS) is 12.6. The maximum absolute atomic E-state index is 13.5. The second kappa shape index (κ2) is 14.3. The van der Waals surface area contributed by atoms with Gasteiger partial charge in [0.25, 0.3) is 11.8 Å². The number of rotatable bonds is 10. The van der Waals surface area contributed by atoms with E-state index in [0.717, 1.165) is 10.5 Å². The van der Waals surface area contributed by atoms with Crippen LogP contribution in [-0.4, -0.2) is 29.5 Å². The smallest absolute Gasteiger partial charge is 0.272 e. The topological polar surface area (TPSA) is 119 Å². The lowest BCUT2D eigenvalue weighted by atomic mass is 10.1. The zero-order valence-corrected chi connectivity index (χ0v) is 25.2. The van der Waals surface area contributed by atoms with Gasteiger partial charge in [0, 0.05) is 40.3 Å². The van der Waals surface area contributed by atoms with E-state index in [-0.39, 0.29) is 18.4 Å². The van der Waals surface area contributed by atoms with Crippen molar-refractivity contribution >= 4 is 46.9 Å². The largest absolute Gasteiger partial charge is 0.454 e. The van der Waals surface area contributed by atoms with Crippen LogP contribution in [0.15, 0.2) is 138 Å². The highest BCUT2D eigenvalue weighted by Crippen LogP contribution is 2.38. The highest BCUT2D eigenvalue weighted by Gasteiger charge is 2.23. The van der Waals surface area contributed by atoms with Crippen LogP contribution >= 0.6 is 11.8 Å². The summed E-state index contributed by atoms with van der Waals surface area (Å²) in [6.45, 7) is 0.149. The van der Waals surface area contributed by atoms with E-state index in [1.165, 1.54) is 11.8 Å². The molecule has 6 rings (SSSR count). The standard InChI is InChI=1S/C36H28N4O5S/c41-34(26-11-5-2-6-12-26)40-30(20-24-8-7-19-37-22-24)35(42)38-27-13-16-29(17-14-27)46-33(25-9-3-1-4-10-25)36(43)39-28-15-18-31-32(21-28)45-23-44-31/h1-22,33H,23H2,(H,38,42)(H,39,43)(H,40,41)/b30-20-. The molecule has 5 aromatic rings. The highest BCUT2D eigenvalue weighted by atomic mass is 32.2. The Morgan fingerprint density at radius 1 is 0.761 bits per heavy atom. The summed E-state index contributed by atoms with van der Waals surface area (Å²) in [4.78, 5) is 44.7. The fourth-order valence-electron chi connectivity index (χ4n) is 4.60. The molecule has 10 heteroatoms. The van der Waals surface area contributed by atoms with Crippen molar-refractivity contribution in [3.05, 3.63) is 150 Å². The summed E-state index contributed by atoms with van der Waals surface area (Å²) >= 11 is 1.38. The Kier molecular flexibility index (Phi) is 9.36. The molecule has 0 spiro atoms. The van der Waals surface area contributed by atoms with Gasteiger partial charge < -0.3 is 25.4 Å². The van der Waals surface area contributed by atoms with Gasteiger partial charge >= 0.3 is 0 Å². The Labute approximate surface area is 269 Å². The molecule has 0 aliphatic carbocycles. The van der Waals surface area contributed by atoms with Gasteiger partial charge in [-0.2, -0.15) is 0 Å². The van der Waals surface area contributed by atoms with Gasteiger partial charge in [-0.15, -0.1) is 11.8 Å². The number of carbonyl (C=O) groups is 3. The number of anilines is 2. The Morgan fingerprint density at radius 3 is 2.22 bits per heavy atom. The minimum Gasteiger partial charge on any atom is -0.454 e. The number of amides is 3. The molecule has 1 unspecified atom stereocenters. The van der Waals surface area contributed by atoms with Crippen LogP contribution in [0.4, 0.5) is 11.4 Å². The molecule has 46 heavy (non-hydrogen) atoms. The minimum atomic E-state index is -0.561. The van der Waals surface area contributed by atoms with Gasteiger partial charge in [-0.1, -0.05) is 54.6 Å². The van der Waals surface area contributed by atoms with Crippen LogP contribution in [0.5, 0.6) is 11.5 Å². The molecule has 1 atom stereocenters. The number of nitrogens with one attached hydrogen (secondary N) is 3. The first-order chi connectivity index (χ1) is 22.5. The molecular formula is C36H28N4O5S. The average molecular weight is 629 g/mol. The average Bonchev–Trinajstić information content (AvgIpc) is 3.57. The third-order valence-electron chi connectivity index (χ3n) is 6.87. The van der Waals surface area contributed by atoms with Gasteiger partial charge in [0.2, 0.25) is 12.7 Å². The number of hydrogen-bond donors (Lipinski definition) is 3. The molecule has 3 amide bonds. The van der Waals surface area contributed by atoms with Crippen LogP contribution in [0.3, 0.4) is 0 Å². The number of nitrogens with zero attached hydrogens (tertiary/aromatic N) is 1. The third-order valence-corrected chi connectivity index (χ3v) is 8.14. The molecule has 2 heterocycles. The van der Waals surface area contributed by atoms with Crippen LogP contribution in [0.1, 0.15) is 26.7 Å². The summed E-state index contributed by atoms with van der Waals surface area (Å²) in [5, 5.41) is 8.01. The Morgan fingerprint density at radius 2 is 1.48 bits per heavy atom. The minimum absolute atomic E-state index is 0.0598. The lowest BCUT2D eigenvalue weighted by Crippen LogP contribution is -2.30. The molecule has 9 nitrogen and oxygen atoms in total. The second-order valence-corrected chi connectivity index (χ2v) is 11.3. The molecule has 0 bridgehead atoms. The van der Waals surface area contributed by atoms with E-state index in [9.17, 15) is 14.4 Å². The van der Waals surface area contributed by atoms with Crippen molar-refractivity contribution in [2.24, 2.45) is 0 Å². The number of benzene rings is 4. The van der Waals surface area contributed by atoms with E-state index >= 15 is 0 Å². The van der Waals surface area contributed by atoms with E-state index in [4.69, 9.17) is 9.47 Å². The number of carbonyl (C=O) groups excluding carboxylic acids is 3. The molecule has 0 radical (unpaired) electrons. The zero-order chi connectivity index (χ0) is 31.7. The maximum Gasteiger partial charge on any atom is 0.272 e. The summed E-state index contributed by atoms with van der Waals surface area (Å²) in [6.07, 6.45) is 4.79. The molecular weight excluding hydrogens is 600 g/mol. The molecule has 0 saturated carbocycles. The van der Waals surface area contributed by atoms with Crippen molar-refractivity contribution < 1.29 is 23.9 Å². The van der Waals surface area contributed by atoms with E-state index in [2.05, 4.69) is 20.9 Å². The molecule has 0 saturated heterocycles. The second-order valence-electron chi connectivity index (χ2n) is 10.1. The third kappa shape index (κ3) is 7.61. The molecule has 1 aromatic heterocycles. The van der Waals surface area contributed by atoms with E-state index < -0.39 is 17.1 Å². The first kappa shape index (κ1) is 30.2. The summed E-state index contributed by atoms with van der Waals surface area (Å²) in [6, 6.07) is 34.1. The Hall–Kier alpha value is -5.87. The van der Waals surface area contributed by atoms with Crippen LogP contribution in [0.25, 0.3) is 6.08 Å². The van der Waals surface area contributed by atoms with Crippen LogP contribution in [0.2, 0.25) is 0 Å². The number of hydrogen-bond acceptors (Lipinski definition) is 7. The fraction of sp³-hybridized carbons (Fsp3) is 0.0556. The zero-order valence-electron chi connectivity index (χ0n) is 24.4. The van der Waals surface area contributed by atoms with Crippen molar-refractivity contribution in [2.45, 2.75) is 10.1 Å². The Balaban J connectivity index is 1.17. The van der Waals surface area contributed by atoms with E-state index in [0.29, 0.717) is 34.0 Å². The summed E-state index contributed by atoms with van der Waals surface area (Å²) < 4.78 is 10.8. The SMILES string of the molecule is O=C(Nc1ccc(SC(C(=O)Nc2ccc3c(c2)OCO3)c2ccccc2)cc1)/C(=C/c1cccnc1)NC(=O)c1ccccc1. The molecule has 228 valence electrons. The highest BCUT2D eigenvalue weighted by molar-refractivity contribution is 8.00. The van der Waals surface area contributed by atoms with Crippen molar-refractivity contribution in [1.82, 2.24) is 10.3 Å². The van der Waals surface area contributed by atoms with Crippen molar-refractivity contribution in [3.63, 3.8) is 0 Å². The molecule has 4 aromatic carbocycles. The van der Waals surface area contributed by atoms with E-state index in [1.807, 2.05) is 48.5 Å². The van der Waals surface area contributed by atoms with E-state index in [1.54, 1.807) is 85.2 Å². The van der Waals surface area contributed by atoms with Crippen LogP contribution in [-0.2, 0) is 9.59 Å². The van der Waals surface area contributed by atoms with Crippen molar-refractivity contribution in [3.8, 4) is 11.5 Å². The molecule has 3 N–H and O–H groups in total. The molecule has 1 aliphatic rings. The number of ether oxygens (including phenoxy) is 2. The quantitative estimate of drug-likeness (QED) is 0.116. The van der Waals surface area contributed by atoms with Gasteiger partial charge in [0.05, 0.1) is 0 Å². The van der Waals surface area contributed by atoms with Gasteiger partial charge in [0.15, 0.2) is 11.5 Å². The fourth-order valence-corrected chi connectivity index (χ4v) is 5.63. The van der Waals surface area contributed by atoms with Gasteiger partial charge in [-0.05, 0) is 71.8 Å². The monoisotopic (exact) mass is 628 g/mol. The Bertz CT molecular complexity index is 1870. The predicted octanol–water partition coefficient (Wildman–Crippen LogP) is 6.69. The lowest BCUT2D eigenvalue weighted by molar-refractivity contribution is -0.116. The van der Waals surface area contributed by atoms with Crippen molar-refractivity contribution in [1.29, 1.82) is 0 Å². The summed E-state index contributed by atoms with van der Waals surface area (Å²) in [5.41, 5.74) is 3.08. The number of pyridine rings is 1. The molecule has 0 fully saturated rings. The molecule has 1 aliphatic heterocycles. The number of fused-ring (bicyclic) bond motifs is 1. The first-order valence-corrected chi connectivity index (χ1v) is 15.2. The predicted molar refractivity (Wildman–Crippen MR) is 177 cm³/mol. The maximum atomic E-state index is 13.5. The first-order valence-electron chi connectivity index (χ1n) is 14.3. The van der Waals surface area contributed by atoms with Crippen molar-refractivity contribution in [2.75, 3.05) is 17.4 Å². The summed E-state index contributed by atoms with van der Waals surface area (Å²) in [5.74, 6) is 0.101. The number of aromatic nitrogens is 1. The van der Waals surface area contributed by atoms with Gasteiger partial charge in [-0.3, -0.25) is 19.4 Å². The number of thioether (sulfide) groups is 1. The van der Waals surface area contributed by atoms with Crippen LogP contribution in [0, 0.1) is 0 Å².